The van der Waals surface area contributed by atoms with Crippen molar-refractivity contribution in [3.05, 3.63) is 23.0 Å². The van der Waals surface area contributed by atoms with E-state index in [1.807, 2.05) is 20.0 Å². The molecule has 1 unspecified atom stereocenters. The average molecular weight is 334 g/mol. The fourth-order valence-corrected chi connectivity index (χ4v) is 3.05. The van der Waals surface area contributed by atoms with Crippen molar-refractivity contribution in [3.63, 3.8) is 0 Å². The molecule has 1 atom stereocenters. The molecule has 1 saturated heterocycles. The van der Waals surface area contributed by atoms with Crippen LogP contribution in [0.5, 0.6) is 5.75 Å². The molecule has 1 aliphatic rings. The fourth-order valence-electron chi connectivity index (χ4n) is 3.05. The summed E-state index contributed by atoms with van der Waals surface area (Å²) in [4.78, 5) is 11.5. The molecular formula is C18H30N4O2. The summed E-state index contributed by atoms with van der Waals surface area (Å²) in [7, 11) is 3.78. The molecule has 0 bridgehead atoms. The van der Waals surface area contributed by atoms with Crippen molar-refractivity contribution in [2.24, 2.45) is 10.9 Å². The van der Waals surface area contributed by atoms with Crippen molar-refractivity contribution >= 4 is 5.96 Å². The molecule has 0 aromatic carbocycles. The first-order valence-corrected chi connectivity index (χ1v) is 8.63. The van der Waals surface area contributed by atoms with Gasteiger partial charge in [-0.3, -0.25) is 4.98 Å². The highest BCUT2D eigenvalue weighted by atomic mass is 16.5. The summed E-state index contributed by atoms with van der Waals surface area (Å²) in [5.41, 5.74) is 3.06. The van der Waals surface area contributed by atoms with E-state index in [4.69, 9.17) is 14.5 Å². The number of nitrogens with one attached hydrogen (secondary N) is 1. The summed E-state index contributed by atoms with van der Waals surface area (Å²) in [5.74, 6) is 2.39. The lowest BCUT2D eigenvalue weighted by Gasteiger charge is -2.24. The molecule has 0 amide bonds. The van der Waals surface area contributed by atoms with Crippen LogP contribution in [0.2, 0.25) is 0 Å². The van der Waals surface area contributed by atoms with Crippen LogP contribution >= 0.6 is 0 Å². The van der Waals surface area contributed by atoms with Crippen molar-refractivity contribution in [1.29, 1.82) is 0 Å². The predicted octanol–water partition coefficient (Wildman–Crippen LogP) is 2.14. The number of guanidine groups is 1. The molecule has 1 N–H and O–H groups in total. The van der Waals surface area contributed by atoms with E-state index in [2.05, 4.69) is 29.2 Å². The Morgan fingerprint density at radius 2 is 2.29 bits per heavy atom. The molecule has 1 fully saturated rings. The lowest BCUT2D eigenvalue weighted by Crippen LogP contribution is -2.41. The Morgan fingerprint density at radius 3 is 2.92 bits per heavy atom. The number of methoxy groups -OCH3 is 1. The maximum Gasteiger partial charge on any atom is 0.194 e. The molecule has 24 heavy (non-hydrogen) atoms. The second kappa shape index (κ2) is 8.87. The topological polar surface area (TPSA) is 59.0 Å². The Labute approximate surface area is 145 Å². The number of hydrogen-bond acceptors (Lipinski definition) is 4. The van der Waals surface area contributed by atoms with Gasteiger partial charge in [0.1, 0.15) is 5.75 Å². The normalized spacial score (nSPS) is 17.9. The molecule has 0 aliphatic carbocycles. The summed E-state index contributed by atoms with van der Waals surface area (Å²) < 4.78 is 10.9. The second-order valence-electron chi connectivity index (χ2n) is 6.33. The quantitative estimate of drug-likeness (QED) is 0.638. The van der Waals surface area contributed by atoms with E-state index in [9.17, 15) is 0 Å². The van der Waals surface area contributed by atoms with E-state index in [0.29, 0.717) is 12.5 Å². The largest absolute Gasteiger partial charge is 0.496 e. The zero-order valence-electron chi connectivity index (χ0n) is 15.6. The summed E-state index contributed by atoms with van der Waals surface area (Å²) >= 11 is 0. The van der Waals surface area contributed by atoms with Gasteiger partial charge >= 0.3 is 0 Å². The van der Waals surface area contributed by atoms with Gasteiger partial charge in [0, 0.05) is 50.0 Å². The maximum atomic E-state index is 5.48. The first-order chi connectivity index (χ1) is 11.6. The van der Waals surface area contributed by atoms with E-state index < -0.39 is 0 Å². The SMILES string of the molecule is CCNC(=NCc1ncc(C)c(OC)c1C)N(C)CC1CCOC1. The minimum Gasteiger partial charge on any atom is -0.496 e. The molecule has 2 rings (SSSR count). The third-order valence-corrected chi connectivity index (χ3v) is 4.38. The van der Waals surface area contributed by atoms with Crippen LogP contribution in [-0.4, -0.2) is 56.3 Å². The van der Waals surface area contributed by atoms with Crippen molar-refractivity contribution in [3.8, 4) is 5.75 Å². The summed E-state index contributed by atoms with van der Waals surface area (Å²) in [6.07, 6.45) is 2.97. The third kappa shape index (κ3) is 4.60. The van der Waals surface area contributed by atoms with Crippen LogP contribution in [0.4, 0.5) is 0 Å². The van der Waals surface area contributed by atoms with Crippen LogP contribution in [0.15, 0.2) is 11.2 Å². The van der Waals surface area contributed by atoms with Gasteiger partial charge in [0.2, 0.25) is 0 Å². The molecule has 0 saturated carbocycles. The van der Waals surface area contributed by atoms with Gasteiger partial charge in [0.15, 0.2) is 5.96 Å². The van der Waals surface area contributed by atoms with Crippen LogP contribution in [0.3, 0.4) is 0 Å². The van der Waals surface area contributed by atoms with Crippen LogP contribution in [0.25, 0.3) is 0 Å². The van der Waals surface area contributed by atoms with E-state index in [0.717, 1.165) is 61.3 Å². The summed E-state index contributed by atoms with van der Waals surface area (Å²) in [6, 6.07) is 0. The highest BCUT2D eigenvalue weighted by Crippen LogP contribution is 2.24. The van der Waals surface area contributed by atoms with Gasteiger partial charge in [0.25, 0.3) is 0 Å². The van der Waals surface area contributed by atoms with Gasteiger partial charge < -0.3 is 19.7 Å². The van der Waals surface area contributed by atoms with Crippen molar-refractivity contribution in [1.82, 2.24) is 15.2 Å². The number of nitrogens with zero attached hydrogens (tertiary/aromatic N) is 3. The number of aliphatic imine (C=N–C) groups is 1. The van der Waals surface area contributed by atoms with Crippen LogP contribution in [-0.2, 0) is 11.3 Å². The Bertz CT molecular complexity index is 568. The smallest absolute Gasteiger partial charge is 0.194 e. The Hall–Kier alpha value is -1.82. The molecule has 2 heterocycles. The van der Waals surface area contributed by atoms with Gasteiger partial charge in [0.05, 0.1) is 26.0 Å². The second-order valence-corrected chi connectivity index (χ2v) is 6.33. The predicted molar refractivity (Wildman–Crippen MR) is 96.6 cm³/mol. The van der Waals surface area contributed by atoms with Gasteiger partial charge in [-0.2, -0.15) is 0 Å². The minimum absolute atomic E-state index is 0.538. The fraction of sp³-hybridized carbons (Fsp3) is 0.667. The minimum atomic E-state index is 0.538. The molecule has 1 aliphatic heterocycles. The van der Waals surface area contributed by atoms with Crippen LogP contribution in [0, 0.1) is 19.8 Å². The van der Waals surface area contributed by atoms with Crippen LogP contribution in [0.1, 0.15) is 30.2 Å². The monoisotopic (exact) mass is 334 g/mol. The Morgan fingerprint density at radius 1 is 1.50 bits per heavy atom. The van der Waals surface area contributed by atoms with Gasteiger partial charge in [-0.1, -0.05) is 0 Å². The third-order valence-electron chi connectivity index (χ3n) is 4.38. The number of aryl methyl sites for hydroxylation is 1. The molecule has 0 spiro atoms. The Balaban J connectivity index is 2.10. The zero-order chi connectivity index (χ0) is 17.5. The van der Waals surface area contributed by atoms with Gasteiger partial charge in [-0.25, -0.2) is 4.99 Å². The number of aromatic nitrogens is 1. The van der Waals surface area contributed by atoms with E-state index in [-0.39, 0.29) is 0 Å². The molecule has 134 valence electrons. The lowest BCUT2D eigenvalue weighted by molar-refractivity contribution is 0.181. The maximum absolute atomic E-state index is 5.48. The molecular weight excluding hydrogens is 304 g/mol. The molecule has 6 nitrogen and oxygen atoms in total. The molecule has 1 aromatic rings. The standard InChI is InChI=1S/C18H30N4O2/c1-6-19-18(22(4)11-15-7-8-24-12-15)21-10-16-14(3)17(23-5)13(2)9-20-16/h9,15H,6-8,10-12H2,1-5H3,(H,19,21). The first kappa shape index (κ1) is 18.5. The van der Waals surface area contributed by atoms with E-state index in [1.165, 1.54) is 0 Å². The zero-order valence-corrected chi connectivity index (χ0v) is 15.6. The number of pyridine rings is 1. The average Bonchev–Trinajstić information content (AvgIpc) is 3.06. The van der Waals surface area contributed by atoms with Gasteiger partial charge in [-0.15, -0.1) is 0 Å². The van der Waals surface area contributed by atoms with Crippen molar-refractivity contribution in [2.45, 2.75) is 33.7 Å². The highest BCUT2D eigenvalue weighted by Gasteiger charge is 2.19. The molecule has 1 aromatic heterocycles. The van der Waals surface area contributed by atoms with Crippen molar-refractivity contribution < 1.29 is 9.47 Å². The Kier molecular flexibility index (Phi) is 6.85. The van der Waals surface area contributed by atoms with Gasteiger partial charge in [-0.05, 0) is 27.2 Å². The highest BCUT2D eigenvalue weighted by molar-refractivity contribution is 5.79. The summed E-state index contributed by atoms with van der Waals surface area (Å²) in [5, 5.41) is 3.36. The van der Waals surface area contributed by atoms with Crippen molar-refractivity contribution in [2.75, 3.05) is 40.5 Å². The molecule has 6 heteroatoms. The lowest BCUT2D eigenvalue weighted by atomic mass is 10.1. The number of rotatable bonds is 6. The van der Waals surface area contributed by atoms with E-state index in [1.54, 1.807) is 7.11 Å². The van der Waals surface area contributed by atoms with Crippen LogP contribution < -0.4 is 10.1 Å². The first-order valence-electron chi connectivity index (χ1n) is 8.63. The van der Waals surface area contributed by atoms with E-state index >= 15 is 0 Å². The summed E-state index contributed by atoms with van der Waals surface area (Å²) in [6.45, 7) is 10.2. The molecule has 0 radical (unpaired) electrons. The number of ether oxygens (including phenoxy) is 2. The number of hydrogen-bond donors (Lipinski definition) is 1.